The zero-order chi connectivity index (χ0) is 40.6. The van der Waals surface area contributed by atoms with Gasteiger partial charge in [-0.05, 0) is 50.7 Å². The molecule has 0 aromatic heterocycles. The monoisotopic (exact) mass is 793 g/mol. The van der Waals surface area contributed by atoms with Crippen LogP contribution in [0.25, 0.3) is 0 Å². The van der Waals surface area contributed by atoms with Gasteiger partial charge in [0.25, 0.3) is 5.69 Å². The van der Waals surface area contributed by atoms with Gasteiger partial charge in [-0.1, -0.05) is 143 Å². The molecule has 0 aliphatic rings. The zero-order valence-electron chi connectivity index (χ0n) is 35.6. The van der Waals surface area contributed by atoms with Crippen molar-refractivity contribution in [1.29, 1.82) is 0 Å². The summed E-state index contributed by atoms with van der Waals surface area (Å²) in [5, 5.41) is 11.3. The van der Waals surface area contributed by atoms with E-state index < -0.39 is 14.9 Å². The number of sulfonamides is 1. The Morgan fingerprint density at radius 2 is 0.800 bits per heavy atom. The molecule has 1 aromatic carbocycles. The molecular weight excluding hydrogens is 713 g/mol. The van der Waals surface area contributed by atoms with Crippen molar-refractivity contribution in [3.8, 4) is 0 Å². The lowest BCUT2D eigenvalue weighted by molar-refractivity contribution is -0.384. The smallest absolute Gasteiger partial charge is 0.269 e. The molecule has 11 heteroatoms. The zero-order valence-corrected chi connectivity index (χ0v) is 36.4. The summed E-state index contributed by atoms with van der Waals surface area (Å²) in [6, 6.07) is 4.97. The fourth-order valence-electron chi connectivity index (χ4n) is 7.07. The molecule has 1 rings (SSSR count). The highest BCUT2D eigenvalue weighted by atomic mass is 32.2. The Hall–Kier alpha value is -2.53. The number of nitro groups is 1. The van der Waals surface area contributed by atoms with Gasteiger partial charge in [-0.25, -0.2) is 8.42 Å². The van der Waals surface area contributed by atoms with Crippen molar-refractivity contribution in [3.05, 3.63) is 34.4 Å². The topological polar surface area (TPSA) is 121 Å². The number of carbonyl (C=O) groups excluding carboxylic acids is 2. The molecule has 0 saturated carbocycles. The van der Waals surface area contributed by atoms with E-state index in [1.807, 2.05) is 9.80 Å². The van der Waals surface area contributed by atoms with Crippen molar-refractivity contribution in [1.82, 2.24) is 14.1 Å². The van der Waals surface area contributed by atoms with Crippen molar-refractivity contribution >= 4 is 27.5 Å². The van der Waals surface area contributed by atoms with Crippen molar-refractivity contribution < 1.29 is 22.9 Å². The van der Waals surface area contributed by atoms with Crippen LogP contribution >= 0.6 is 0 Å². The number of benzene rings is 1. The van der Waals surface area contributed by atoms with E-state index >= 15 is 0 Å². The van der Waals surface area contributed by atoms with Crippen molar-refractivity contribution in [3.63, 3.8) is 0 Å². The van der Waals surface area contributed by atoms with Crippen LogP contribution in [0.5, 0.6) is 0 Å². The van der Waals surface area contributed by atoms with Gasteiger partial charge in [0.15, 0.2) is 0 Å². The van der Waals surface area contributed by atoms with Gasteiger partial charge in [-0.3, -0.25) is 19.7 Å². The van der Waals surface area contributed by atoms with E-state index in [1.54, 1.807) is 0 Å². The van der Waals surface area contributed by atoms with E-state index in [4.69, 9.17) is 0 Å². The third kappa shape index (κ3) is 23.3. The molecule has 1 aromatic rings. The third-order valence-electron chi connectivity index (χ3n) is 10.6. The molecule has 2 amide bonds. The minimum Gasteiger partial charge on any atom is -0.343 e. The summed E-state index contributed by atoms with van der Waals surface area (Å²) in [6.07, 6.45) is 26.3. The molecule has 318 valence electrons. The second-order valence-corrected chi connectivity index (χ2v) is 17.4. The molecule has 55 heavy (non-hydrogen) atoms. The SMILES string of the molecule is CCCCCCCCN(CCCCCCCC)C(=O)CCCN(CCCC(=O)N(CCCCCCC)CCCCCCC)S(=O)(=O)c1ccc([N+](=O)[O-])cc1. The lowest BCUT2D eigenvalue weighted by Crippen LogP contribution is -2.37. The molecule has 0 aliphatic heterocycles. The van der Waals surface area contributed by atoms with Gasteiger partial charge in [0.2, 0.25) is 21.8 Å². The van der Waals surface area contributed by atoms with Crippen LogP contribution in [0.4, 0.5) is 5.69 Å². The van der Waals surface area contributed by atoms with Gasteiger partial charge >= 0.3 is 0 Å². The van der Waals surface area contributed by atoms with Crippen LogP contribution in [0.15, 0.2) is 29.2 Å². The van der Waals surface area contributed by atoms with Crippen molar-refractivity contribution in [2.45, 2.75) is 200 Å². The maximum Gasteiger partial charge on any atom is 0.269 e. The summed E-state index contributed by atoms with van der Waals surface area (Å²) in [4.78, 5) is 41.8. The minimum atomic E-state index is -4.02. The summed E-state index contributed by atoms with van der Waals surface area (Å²) < 4.78 is 29.3. The van der Waals surface area contributed by atoms with Crippen LogP contribution in [0.1, 0.15) is 195 Å². The molecule has 0 fully saturated rings. The highest BCUT2D eigenvalue weighted by Crippen LogP contribution is 2.22. The normalized spacial score (nSPS) is 11.7. The highest BCUT2D eigenvalue weighted by Gasteiger charge is 2.26. The summed E-state index contributed by atoms with van der Waals surface area (Å²) in [6.45, 7) is 12.0. The average Bonchev–Trinajstić information content (AvgIpc) is 3.17. The number of nitro benzene ring substituents is 1. The van der Waals surface area contributed by atoms with Crippen LogP contribution in [0, 0.1) is 10.1 Å². The molecule has 0 spiro atoms. The first-order valence-corrected chi connectivity index (χ1v) is 23.9. The van der Waals surface area contributed by atoms with Gasteiger partial charge in [-0.2, -0.15) is 4.31 Å². The molecule has 0 unspecified atom stereocenters. The second kappa shape index (κ2) is 32.5. The quantitative estimate of drug-likeness (QED) is 0.0376. The summed E-state index contributed by atoms with van der Waals surface area (Å²) >= 11 is 0. The Morgan fingerprint density at radius 1 is 0.491 bits per heavy atom. The standard InChI is InChI=1S/C44H80N4O6S/c1-5-9-13-17-21-25-37-46(38-26-22-18-14-10-6-2)44(50)30-28-40-47(55(53,54)42-33-31-41(32-34-42)48(51)52)39-27-29-43(49)45(35-23-19-15-11-7-3)36-24-20-16-12-8-4/h31-34H,5-30,35-40H2,1-4H3. The van der Waals surface area contributed by atoms with E-state index in [0.717, 1.165) is 77.5 Å². The number of non-ortho nitro benzene ring substituents is 1. The number of hydrogen-bond acceptors (Lipinski definition) is 6. The first kappa shape index (κ1) is 50.5. The van der Waals surface area contributed by atoms with Gasteiger partial charge in [0, 0.05) is 64.2 Å². The average molecular weight is 793 g/mol. The Labute approximate surface area is 336 Å². The number of hydrogen-bond donors (Lipinski definition) is 0. The maximum atomic E-state index is 14.0. The van der Waals surface area contributed by atoms with Crippen LogP contribution in [-0.2, 0) is 19.6 Å². The van der Waals surface area contributed by atoms with Crippen LogP contribution < -0.4 is 0 Å². The number of amides is 2. The molecule has 0 N–H and O–H groups in total. The Bertz CT molecular complexity index is 1210. The van der Waals surface area contributed by atoms with Gasteiger partial charge < -0.3 is 9.80 Å². The number of rotatable bonds is 37. The van der Waals surface area contributed by atoms with E-state index in [-0.39, 0.29) is 48.3 Å². The van der Waals surface area contributed by atoms with E-state index in [2.05, 4.69) is 27.7 Å². The molecule has 0 saturated heterocycles. The predicted octanol–water partition coefficient (Wildman–Crippen LogP) is 11.5. The minimum absolute atomic E-state index is 0.0238. The van der Waals surface area contributed by atoms with E-state index in [1.165, 1.54) is 118 Å². The highest BCUT2D eigenvalue weighted by molar-refractivity contribution is 7.89. The van der Waals surface area contributed by atoms with Crippen molar-refractivity contribution in [2.75, 3.05) is 39.3 Å². The fourth-order valence-corrected chi connectivity index (χ4v) is 8.59. The molecule has 0 bridgehead atoms. The molecule has 0 aliphatic carbocycles. The molecule has 10 nitrogen and oxygen atoms in total. The molecule has 0 heterocycles. The summed E-state index contributed by atoms with van der Waals surface area (Å²) in [5.41, 5.74) is -0.179. The first-order chi connectivity index (χ1) is 26.6. The summed E-state index contributed by atoms with van der Waals surface area (Å²) in [5.74, 6) is 0.132. The van der Waals surface area contributed by atoms with E-state index in [9.17, 15) is 28.1 Å². The molecule has 0 radical (unpaired) electrons. The van der Waals surface area contributed by atoms with Crippen LogP contribution in [0.2, 0.25) is 0 Å². The number of unbranched alkanes of at least 4 members (excludes halogenated alkanes) is 18. The van der Waals surface area contributed by atoms with Crippen molar-refractivity contribution in [2.24, 2.45) is 0 Å². The van der Waals surface area contributed by atoms with Gasteiger partial charge in [0.05, 0.1) is 9.82 Å². The molecular formula is C44H80N4O6S. The summed E-state index contributed by atoms with van der Waals surface area (Å²) in [7, 11) is -4.02. The van der Waals surface area contributed by atoms with Gasteiger partial charge in [0.1, 0.15) is 0 Å². The Kier molecular flexibility index (Phi) is 29.9. The lowest BCUT2D eigenvalue weighted by Gasteiger charge is -2.26. The Morgan fingerprint density at radius 3 is 1.11 bits per heavy atom. The first-order valence-electron chi connectivity index (χ1n) is 22.4. The van der Waals surface area contributed by atoms with E-state index in [0.29, 0.717) is 12.8 Å². The number of nitrogens with zero attached hydrogens (tertiary/aromatic N) is 4. The lowest BCUT2D eigenvalue weighted by atomic mass is 10.1. The predicted molar refractivity (Wildman–Crippen MR) is 228 cm³/mol. The van der Waals surface area contributed by atoms with Crippen LogP contribution in [-0.4, -0.2) is 78.5 Å². The molecule has 0 atom stereocenters. The Balaban J connectivity index is 3.01. The maximum absolute atomic E-state index is 14.0. The van der Waals surface area contributed by atoms with Crippen LogP contribution in [0.3, 0.4) is 0 Å². The van der Waals surface area contributed by atoms with Gasteiger partial charge in [-0.15, -0.1) is 0 Å². The number of carbonyl (C=O) groups is 2. The third-order valence-corrected chi connectivity index (χ3v) is 12.5. The fraction of sp³-hybridized carbons (Fsp3) is 0.818. The largest absolute Gasteiger partial charge is 0.343 e. The second-order valence-electron chi connectivity index (χ2n) is 15.5.